The number of nitrogens with one attached hydrogen (secondary N) is 1. The molecule has 1 spiro atoms. The van der Waals surface area contributed by atoms with Gasteiger partial charge in [0.1, 0.15) is 0 Å². The van der Waals surface area contributed by atoms with Gasteiger partial charge >= 0.3 is 0 Å². The lowest BCUT2D eigenvalue weighted by Gasteiger charge is -2.54. The Morgan fingerprint density at radius 1 is 0.920 bits per heavy atom. The van der Waals surface area contributed by atoms with Crippen LogP contribution in [0.15, 0.2) is 48.5 Å². The summed E-state index contributed by atoms with van der Waals surface area (Å²) in [5.41, 5.74) is 6.19. The maximum atomic E-state index is 5.61. The first-order valence-electron chi connectivity index (χ1n) is 9.54. The van der Waals surface area contributed by atoms with Gasteiger partial charge in [0, 0.05) is 50.8 Å². The largest absolute Gasteiger partial charge is 0.381 e. The number of nitrogens with zero attached hydrogens (tertiary/aromatic N) is 1. The molecule has 3 heterocycles. The molecule has 2 aromatic rings. The van der Waals surface area contributed by atoms with Crippen LogP contribution in [0.2, 0.25) is 0 Å². The first-order chi connectivity index (χ1) is 12.3. The van der Waals surface area contributed by atoms with Crippen LogP contribution in [-0.2, 0) is 17.8 Å². The maximum Gasteiger partial charge on any atom is 0.0472 e. The van der Waals surface area contributed by atoms with Crippen molar-refractivity contribution in [2.24, 2.45) is 5.41 Å². The van der Waals surface area contributed by atoms with E-state index in [0.717, 1.165) is 32.8 Å². The third-order valence-corrected chi connectivity index (χ3v) is 6.48. The molecule has 0 aliphatic carbocycles. The summed E-state index contributed by atoms with van der Waals surface area (Å²) in [4.78, 5) is 2.64. The van der Waals surface area contributed by atoms with Gasteiger partial charge in [-0.25, -0.2) is 0 Å². The molecule has 0 amide bonds. The molecule has 3 heteroatoms. The summed E-state index contributed by atoms with van der Waals surface area (Å²) >= 11 is 0. The number of fused-ring (bicyclic) bond motifs is 3. The Labute approximate surface area is 150 Å². The Kier molecular flexibility index (Phi) is 3.89. The molecule has 25 heavy (non-hydrogen) atoms. The molecular weight excluding hydrogens is 308 g/mol. The van der Waals surface area contributed by atoms with Gasteiger partial charge in [0.15, 0.2) is 0 Å². The minimum atomic E-state index is 0.476. The van der Waals surface area contributed by atoms with Crippen LogP contribution in [0.3, 0.4) is 0 Å². The number of hydrogen-bond donors (Lipinski definition) is 1. The van der Waals surface area contributed by atoms with Gasteiger partial charge < -0.3 is 10.1 Å². The average Bonchev–Trinajstić information content (AvgIpc) is 2.82. The zero-order valence-electron chi connectivity index (χ0n) is 14.7. The second kappa shape index (κ2) is 6.24. The van der Waals surface area contributed by atoms with Crippen molar-refractivity contribution in [2.45, 2.75) is 32.0 Å². The molecule has 3 aliphatic rings. The summed E-state index contributed by atoms with van der Waals surface area (Å²) in [6.45, 7) is 6.24. The highest BCUT2D eigenvalue weighted by atomic mass is 16.5. The molecule has 3 nitrogen and oxygen atoms in total. The van der Waals surface area contributed by atoms with Gasteiger partial charge in [-0.1, -0.05) is 48.5 Å². The predicted octanol–water partition coefficient (Wildman–Crippen LogP) is 3.44. The fourth-order valence-electron chi connectivity index (χ4n) is 4.86. The van der Waals surface area contributed by atoms with Crippen LogP contribution >= 0.6 is 0 Å². The molecule has 2 saturated heterocycles. The number of ether oxygens (including phenoxy) is 1. The molecule has 1 atom stereocenters. The Morgan fingerprint density at radius 3 is 2.08 bits per heavy atom. The number of rotatable bonds is 2. The van der Waals surface area contributed by atoms with Gasteiger partial charge in [0.05, 0.1) is 0 Å². The molecule has 0 saturated carbocycles. The highest BCUT2D eigenvalue weighted by Gasteiger charge is 2.47. The van der Waals surface area contributed by atoms with Crippen molar-refractivity contribution in [3.05, 3.63) is 59.7 Å². The maximum absolute atomic E-state index is 5.61. The average molecular weight is 334 g/mol. The van der Waals surface area contributed by atoms with E-state index in [0.29, 0.717) is 11.5 Å². The molecular formula is C22H26N2O. The molecule has 2 aromatic carbocycles. The van der Waals surface area contributed by atoms with E-state index in [1.54, 1.807) is 0 Å². The van der Waals surface area contributed by atoms with Crippen molar-refractivity contribution < 1.29 is 4.74 Å². The van der Waals surface area contributed by atoms with E-state index >= 15 is 0 Å². The Balaban J connectivity index is 1.42. The Hall–Kier alpha value is -1.68. The lowest BCUT2D eigenvalue weighted by Crippen LogP contribution is -2.67. The third kappa shape index (κ3) is 2.71. The molecule has 130 valence electrons. The summed E-state index contributed by atoms with van der Waals surface area (Å²) in [6, 6.07) is 18.4. The van der Waals surface area contributed by atoms with Crippen molar-refractivity contribution in [1.82, 2.24) is 10.2 Å². The van der Waals surface area contributed by atoms with E-state index in [1.807, 2.05) is 0 Å². The Morgan fingerprint density at radius 2 is 1.52 bits per heavy atom. The molecule has 0 aromatic heterocycles. The van der Waals surface area contributed by atoms with Gasteiger partial charge in [-0.15, -0.1) is 0 Å². The van der Waals surface area contributed by atoms with Gasteiger partial charge in [-0.3, -0.25) is 4.90 Å². The van der Waals surface area contributed by atoms with Crippen LogP contribution in [0.4, 0.5) is 0 Å². The fraction of sp³-hybridized carbons (Fsp3) is 0.455. The van der Waals surface area contributed by atoms with Crippen LogP contribution in [0.1, 0.15) is 24.0 Å². The fourth-order valence-corrected chi connectivity index (χ4v) is 4.86. The van der Waals surface area contributed by atoms with Gasteiger partial charge in [-0.05, 0) is 35.1 Å². The highest BCUT2D eigenvalue weighted by Crippen LogP contribution is 2.41. The van der Waals surface area contributed by atoms with Crippen LogP contribution in [0.25, 0.3) is 11.1 Å². The van der Waals surface area contributed by atoms with Crippen LogP contribution in [0.5, 0.6) is 0 Å². The van der Waals surface area contributed by atoms with E-state index < -0.39 is 0 Å². The summed E-state index contributed by atoms with van der Waals surface area (Å²) < 4.78 is 5.61. The van der Waals surface area contributed by atoms with E-state index in [9.17, 15) is 0 Å². The lowest BCUT2D eigenvalue weighted by molar-refractivity contribution is -0.0563. The van der Waals surface area contributed by atoms with Gasteiger partial charge in [0.2, 0.25) is 0 Å². The molecule has 0 radical (unpaired) electrons. The van der Waals surface area contributed by atoms with E-state index in [-0.39, 0.29) is 0 Å². The summed E-state index contributed by atoms with van der Waals surface area (Å²) in [7, 11) is 0. The minimum Gasteiger partial charge on any atom is -0.381 e. The molecule has 0 bridgehead atoms. The summed E-state index contributed by atoms with van der Waals surface area (Å²) in [5.74, 6) is 0. The van der Waals surface area contributed by atoms with Gasteiger partial charge in [-0.2, -0.15) is 0 Å². The zero-order chi connectivity index (χ0) is 16.7. The molecule has 1 unspecified atom stereocenters. The van der Waals surface area contributed by atoms with Crippen molar-refractivity contribution in [1.29, 1.82) is 0 Å². The van der Waals surface area contributed by atoms with Crippen molar-refractivity contribution in [2.75, 3.05) is 26.3 Å². The second-order valence-corrected chi connectivity index (χ2v) is 7.89. The first kappa shape index (κ1) is 15.6. The van der Waals surface area contributed by atoms with Crippen LogP contribution in [0, 0.1) is 5.41 Å². The van der Waals surface area contributed by atoms with Crippen LogP contribution in [-0.4, -0.2) is 37.2 Å². The van der Waals surface area contributed by atoms with E-state index in [4.69, 9.17) is 4.74 Å². The van der Waals surface area contributed by atoms with E-state index in [2.05, 4.69) is 58.7 Å². The van der Waals surface area contributed by atoms with E-state index in [1.165, 1.54) is 41.6 Å². The third-order valence-electron chi connectivity index (χ3n) is 6.48. The molecule has 1 N–H and O–H groups in total. The molecule has 3 aliphatic heterocycles. The topological polar surface area (TPSA) is 24.5 Å². The van der Waals surface area contributed by atoms with Crippen molar-refractivity contribution >= 4 is 0 Å². The zero-order valence-corrected chi connectivity index (χ0v) is 14.7. The first-order valence-corrected chi connectivity index (χ1v) is 9.54. The lowest BCUT2D eigenvalue weighted by atomic mass is 9.68. The highest BCUT2D eigenvalue weighted by molar-refractivity contribution is 5.71. The quantitative estimate of drug-likeness (QED) is 0.910. The predicted molar refractivity (Wildman–Crippen MR) is 100 cm³/mol. The van der Waals surface area contributed by atoms with Crippen LogP contribution < -0.4 is 5.32 Å². The molecule has 5 rings (SSSR count). The normalized spacial score (nSPS) is 24.9. The minimum absolute atomic E-state index is 0.476. The smallest absolute Gasteiger partial charge is 0.0472 e. The standard InChI is InChI=1S/C22H26N2O/c1-3-7-19-17(5-1)13-24(14-18-6-2-4-8-20(18)19)15-21-22(16-23-21)9-11-25-12-10-22/h1-8,21,23H,9-16H2. The SMILES string of the molecule is c1ccc2c(c1)CN(CC1NCC13CCOCC3)Cc1ccccc1-2. The number of hydrogen-bond acceptors (Lipinski definition) is 3. The monoisotopic (exact) mass is 334 g/mol. The molecule has 2 fully saturated rings. The second-order valence-electron chi connectivity index (χ2n) is 7.89. The number of benzene rings is 2. The van der Waals surface area contributed by atoms with Crippen molar-refractivity contribution in [3.8, 4) is 11.1 Å². The summed E-state index contributed by atoms with van der Waals surface area (Å²) in [6.07, 6.45) is 2.43. The van der Waals surface area contributed by atoms with Gasteiger partial charge in [0.25, 0.3) is 0 Å². The summed E-state index contributed by atoms with van der Waals surface area (Å²) in [5, 5.41) is 3.72. The van der Waals surface area contributed by atoms with Crippen molar-refractivity contribution in [3.63, 3.8) is 0 Å². The Bertz CT molecular complexity index is 719.